The second kappa shape index (κ2) is 7.63. The number of nitrogens with zero attached hydrogens (tertiary/aromatic N) is 1. The van der Waals surface area contributed by atoms with E-state index in [0.29, 0.717) is 0 Å². The van der Waals surface area contributed by atoms with Gasteiger partial charge >= 0.3 is 0 Å². The van der Waals surface area contributed by atoms with Crippen LogP contribution in [-0.4, -0.2) is 31.1 Å². The minimum atomic E-state index is 0.837. The van der Waals surface area contributed by atoms with Gasteiger partial charge in [-0.05, 0) is 72.2 Å². The molecule has 2 heterocycles. The highest BCUT2D eigenvalue weighted by Gasteiger charge is 2.17. The molecule has 1 atom stereocenters. The number of hydrogen-bond acceptors (Lipinski definition) is 3. The lowest BCUT2D eigenvalue weighted by Gasteiger charge is -2.29. The van der Waals surface area contributed by atoms with Crippen molar-refractivity contribution in [1.29, 1.82) is 0 Å². The van der Waals surface area contributed by atoms with Crippen LogP contribution in [0, 0.1) is 5.92 Å². The number of thiophene rings is 1. The highest BCUT2D eigenvalue weighted by Crippen LogP contribution is 2.25. The Morgan fingerprint density at radius 1 is 1.56 bits per heavy atom. The van der Waals surface area contributed by atoms with Crippen LogP contribution in [0.25, 0.3) is 0 Å². The molecule has 1 fully saturated rings. The van der Waals surface area contributed by atoms with Gasteiger partial charge in [-0.15, -0.1) is 11.3 Å². The third kappa shape index (κ3) is 4.34. The number of rotatable bonds is 6. The SMILES string of the molecule is CCCN(Cc1sccc1Br)CC1CCCNC1. The van der Waals surface area contributed by atoms with Crippen LogP contribution in [0.5, 0.6) is 0 Å². The molecule has 18 heavy (non-hydrogen) atoms. The Hall–Kier alpha value is 0.1000. The maximum atomic E-state index is 3.64. The standard InChI is InChI=1S/C14H23BrN2S/c1-2-7-17(10-12-4-3-6-16-9-12)11-14-13(15)5-8-18-14/h5,8,12,16H,2-4,6-7,9-11H2,1H3. The summed E-state index contributed by atoms with van der Waals surface area (Å²) in [6.07, 6.45) is 3.97. The van der Waals surface area contributed by atoms with E-state index in [1.54, 1.807) is 0 Å². The summed E-state index contributed by atoms with van der Waals surface area (Å²) in [5, 5.41) is 5.69. The summed E-state index contributed by atoms with van der Waals surface area (Å²) in [4.78, 5) is 4.08. The van der Waals surface area contributed by atoms with Crippen molar-refractivity contribution in [3.05, 3.63) is 20.8 Å². The van der Waals surface area contributed by atoms with Gasteiger partial charge < -0.3 is 5.32 Å². The fourth-order valence-electron chi connectivity index (χ4n) is 2.64. The first kappa shape index (κ1) is 14.5. The molecule has 0 saturated carbocycles. The van der Waals surface area contributed by atoms with E-state index in [-0.39, 0.29) is 0 Å². The molecule has 1 N–H and O–H groups in total. The maximum Gasteiger partial charge on any atom is 0.0339 e. The minimum Gasteiger partial charge on any atom is -0.316 e. The Balaban J connectivity index is 1.88. The van der Waals surface area contributed by atoms with E-state index in [9.17, 15) is 0 Å². The first-order chi connectivity index (χ1) is 8.79. The zero-order valence-corrected chi connectivity index (χ0v) is 13.5. The molecule has 1 aromatic rings. The first-order valence-corrected chi connectivity index (χ1v) is 8.61. The molecule has 0 amide bonds. The van der Waals surface area contributed by atoms with E-state index in [4.69, 9.17) is 0 Å². The monoisotopic (exact) mass is 330 g/mol. The minimum absolute atomic E-state index is 0.837. The average Bonchev–Trinajstić information content (AvgIpc) is 2.77. The molecule has 0 aromatic carbocycles. The molecule has 1 saturated heterocycles. The number of hydrogen-bond donors (Lipinski definition) is 1. The van der Waals surface area contributed by atoms with Crippen molar-refractivity contribution in [2.45, 2.75) is 32.7 Å². The van der Waals surface area contributed by atoms with Crippen LogP contribution in [0.3, 0.4) is 0 Å². The van der Waals surface area contributed by atoms with E-state index in [1.807, 2.05) is 11.3 Å². The quantitative estimate of drug-likeness (QED) is 0.855. The van der Waals surface area contributed by atoms with Gasteiger partial charge in [0.15, 0.2) is 0 Å². The van der Waals surface area contributed by atoms with E-state index in [1.165, 1.54) is 54.8 Å². The second-order valence-corrected chi connectivity index (χ2v) is 6.99. The molecule has 102 valence electrons. The van der Waals surface area contributed by atoms with Gasteiger partial charge in [-0.2, -0.15) is 0 Å². The topological polar surface area (TPSA) is 15.3 Å². The molecule has 1 aliphatic rings. The molecular formula is C14H23BrN2S. The Kier molecular flexibility index (Phi) is 6.15. The third-order valence-corrected chi connectivity index (χ3v) is 5.42. The molecule has 0 aliphatic carbocycles. The highest BCUT2D eigenvalue weighted by atomic mass is 79.9. The predicted molar refractivity (Wildman–Crippen MR) is 83.2 cm³/mol. The van der Waals surface area contributed by atoms with Crippen molar-refractivity contribution in [2.24, 2.45) is 5.92 Å². The van der Waals surface area contributed by atoms with Gasteiger partial charge in [0.05, 0.1) is 0 Å². The summed E-state index contributed by atoms with van der Waals surface area (Å²) in [5.41, 5.74) is 0. The van der Waals surface area contributed by atoms with Crippen LogP contribution in [0.1, 0.15) is 31.1 Å². The van der Waals surface area contributed by atoms with Gasteiger partial charge in [0.1, 0.15) is 0 Å². The maximum absolute atomic E-state index is 3.64. The summed E-state index contributed by atoms with van der Waals surface area (Å²) in [6.45, 7) is 8.23. The lowest BCUT2D eigenvalue weighted by Crippen LogP contribution is -2.38. The second-order valence-electron chi connectivity index (χ2n) is 5.14. The summed E-state index contributed by atoms with van der Waals surface area (Å²) >= 11 is 5.50. The normalized spacial score (nSPS) is 20.5. The highest BCUT2D eigenvalue weighted by molar-refractivity contribution is 9.10. The van der Waals surface area contributed by atoms with Crippen molar-refractivity contribution < 1.29 is 0 Å². The van der Waals surface area contributed by atoms with Crippen LogP contribution >= 0.6 is 27.3 Å². The zero-order valence-electron chi connectivity index (χ0n) is 11.1. The Morgan fingerprint density at radius 3 is 3.06 bits per heavy atom. The summed E-state index contributed by atoms with van der Waals surface area (Å²) in [7, 11) is 0. The van der Waals surface area contributed by atoms with E-state index in [0.717, 1.165) is 12.5 Å². The largest absolute Gasteiger partial charge is 0.316 e. The molecule has 4 heteroatoms. The van der Waals surface area contributed by atoms with E-state index >= 15 is 0 Å². The van der Waals surface area contributed by atoms with E-state index < -0.39 is 0 Å². The molecule has 2 rings (SSSR count). The van der Waals surface area contributed by atoms with Gasteiger partial charge in [-0.25, -0.2) is 0 Å². The molecule has 1 aliphatic heterocycles. The molecule has 0 bridgehead atoms. The Morgan fingerprint density at radius 2 is 2.44 bits per heavy atom. The molecule has 0 radical (unpaired) electrons. The fourth-order valence-corrected chi connectivity index (χ4v) is 4.16. The smallest absolute Gasteiger partial charge is 0.0339 e. The van der Waals surface area contributed by atoms with Gasteiger partial charge in [-0.3, -0.25) is 4.90 Å². The zero-order chi connectivity index (χ0) is 12.8. The van der Waals surface area contributed by atoms with Crippen LogP contribution in [-0.2, 0) is 6.54 Å². The van der Waals surface area contributed by atoms with Gasteiger partial charge in [-0.1, -0.05) is 6.92 Å². The van der Waals surface area contributed by atoms with Crippen LogP contribution < -0.4 is 5.32 Å². The van der Waals surface area contributed by atoms with Crippen molar-refractivity contribution in [2.75, 3.05) is 26.2 Å². The molecule has 1 aromatic heterocycles. The molecule has 1 unspecified atom stereocenters. The third-order valence-electron chi connectivity index (χ3n) is 3.51. The Bertz CT molecular complexity index is 347. The van der Waals surface area contributed by atoms with Crippen LogP contribution in [0.15, 0.2) is 15.9 Å². The van der Waals surface area contributed by atoms with Crippen LogP contribution in [0.2, 0.25) is 0 Å². The fraction of sp³-hybridized carbons (Fsp3) is 0.714. The van der Waals surface area contributed by atoms with Crippen molar-refractivity contribution in [3.8, 4) is 0 Å². The number of piperidine rings is 1. The number of nitrogens with one attached hydrogen (secondary N) is 1. The van der Waals surface area contributed by atoms with Crippen molar-refractivity contribution in [3.63, 3.8) is 0 Å². The summed E-state index contributed by atoms with van der Waals surface area (Å²) < 4.78 is 1.27. The van der Waals surface area contributed by atoms with Crippen molar-refractivity contribution in [1.82, 2.24) is 10.2 Å². The lowest BCUT2D eigenvalue weighted by molar-refractivity contribution is 0.202. The molecular weight excluding hydrogens is 308 g/mol. The summed E-state index contributed by atoms with van der Waals surface area (Å²) in [5.74, 6) is 0.837. The van der Waals surface area contributed by atoms with Crippen molar-refractivity contribution >= 4 is 27.3 Å². The Labute approximate surface area is 123 Å². The molecule has 2 nitrogen and oxygen atoms in total. The lowest BCUT2D eigenvalue weighted by atomic mass is 9.99. The van der Waals surface area contributed by atoms with Gasteiger partial charge in [0, 0.05) is 22.4 Å². The van der Waals surface area contributed by atoms with Gasteiger partial charge in [0.25, 0.3) is 0 Å². The van der Waals surface area contributed by atoms with Crippen LogP contribution in [0.4, 0.5) is 0 Å². The van der Waals surface area contributed by atoms with Gasteiger partial charge in [0.2, 0.25) is 0 Å². The summed E-state index contributed by atoms with van der Waals surface area (Å²) in [6, 6.07) is 2.16. The number of halogens is 1. The molecule has 0 spiro atoms. The van der Waals surface area contributed by atoms with E-state index in [2.05, 4.69) is 44.5 Å². The average molecular weight is 331 g/mol. The predicted octanol–water partition coefficient (Wildman–Crippen LogP) is 3.72. The first-order valence-electron chi connectivity index (χ1n) is 6.94.